The first kappa shape index (κ1) is 12.3. The molecule has 2 rings (SSSR count). The third-order valence-corrected chi connectivity index (χ3v) is 7.13. The zero-order valence-electron chi connectivity index (χ0n) is 9.08. The van der Waals surface area contributed by atoms with Crippen LogP contribution < -0.4 is 5.32 Å². The molecule has 0 radical (unpaired) electrons. The van der Waals surface area contributed by atoms with Crippen LogP contribution in [-0.2, 0) is 11.5 Å². The lowest BCUT2D eigenvalue weighted by molar-refractivity contribution is 0.0955. The molecular formula is C11H14NOPS2. The van der Waals surface area contributed by atoms with Gasteiger partial charge in [0.25, 0.3) is 5.91 Å². The van der Waals surface area contributed by atoms with Gasteiger partial charge in [0.1, 0.15) is 0 Å². The number of hydrogen-bond donors (Lipinski definition) is 1. The van der Waals surface area contributed by atoms with Gasteiger partial charge in [-0.15, -0.1) is 22.8 Å². The van der Waals surface area contributed by atoms with Crippen LogP contribution in [0.5, 0.6) is 0 Å². The summed E-state index contributed by atoms with van der Waals surface area (Å²) in [5.41, 5.74) is 3.36. The molecule has 0 aliphatic carbocycles. The number of nitrogens with one attached hydrogen (secondary N) is 1. The molecule has 1 aliphatic rings. The van der Waals surface area contributed by atoms with E-state index in [0.717, 1.165) is 24.1 Å². The Balaban J connectivity index is 2.27. The van der Waals surface area contributed by atoms with Gasteiger partial charge in [0.15, 0.2) is 0 Å². The Hall–Kier alpha value is -0.180. The van der Waals surface area contributed by atoms with Gasteiger partial charge in [-0.05, 0) is 37.2 Å². The topological polar surface area (TPSA) is 29.1 Å². The second-order valence-corrected chi connectivity index (χ2v) is 8.61. The van der Waals surface area contributed by atoms with Crippen LogP contribution in [0.1, 0.15) is 28.4 Å². The van der Waals surface area contributed by atoms with E-state index < -0.39 is 0 Å². The minimum absolute atomic E-state index is 0.0450. The highest BCUT2D eigenvalue weighted by Gasteiger charge is 2.10. The molecule has 16 heavy (non-hydrogen) atoms. The summed E-state index contributed by atoms with van der Waals surface area (Å²) in [6.07, 6.45) is 0. The Labute approximate surface area is 106 Å². The summed E-state index contributed by atoms with van der Waals surface area (Å²) in [7, 11) is 0. The van der Waals surface area contributed by atoms with Crippen molar-refractivity contribution in [3.8, 4) is 0 Å². The molecule has 0 fully saturated rings. The third-order valence-electron chi connectivity index (χ3n) is 2.25. The van der Waals surface area contributed by atoms with Gasteiger partial charge < -0.3 is 5.32 Å². The van der Waals surface area contributed by atoms with Crippen LogP contribution in [0.4, 0.5) is 0 Å². The third kappa shape index (κ3) is 3.16. The van der Waals surface area contributed by atoms with Gasteiger partial charge in [-0.1, -0.05) is 6.07 Å². The first-order valence-corrected chi connectivity index (χ1v) is 9.61. The number of hydrogen-bond acceptors (Lipinski definition) is 3. The molecule has 1 aromatic carbocycles. The minimum atomic E-state index is 0.0450. The fraction of sp³-hybridized carbons (Fsp3) is 0.364. The first-order chi connectivity index (χ1) is 7.79. The average Bonchev–Trinajstić information content (AvgIpc) is 2.27. The van der Waals surface area contributed by atoms with Crippen LogP contribution >= 0.6 is 29.7 Å². The number of benzene rings is 1. The van der Waals surface area contributed by atoms with Gasteiger partial charge in [-0.3, -0.25) is 4.79 Å². The summed E-state index contributed by atoms with van der Waals surface area (Å²) in [4.78, 5) is 11.8. The van der Waals surface area contributed by atoms with Crippen LogP contribution in [0.2, 0.25) is 0 Å². The van der Waals surface area contributed by atoms with Gasteiger partial charge in [0, 0.05) is 23.6 Å². The molecule has 5 heteroatoms. The molecule has 86 valence electrons. The van der Waals surface area contributed by atoms with E-state index in [4.69, 9.17) is 0 Å². The van der Waals surface area contributed by atoms with Crippen LogP contribution in [0.25, 0.3) is 0 Å². The van der Waals surface area contributed by atoms with Crippen molar-refractivity contribution in [2.24, 2.45) is 0 Å². The largest absolute Gasteiger partial charge is 0.352 e. The molecule has 2 bridgehead atoms. The van der Waals surface area contributed by atoms with E-state index in [-0.39, 0.29) is 5.91 Å². The molecule has 0 spiro atoms. The fourth-order valence-corrected chi connectivity index (χ4v) is 5.87. The van der Waals surface area contributed by atoms with E-state index >= 15 is 0 Å². The van der Waals surface area contributed by atoms with E-state index in [2.05, 4.69) is 11.4 Å². The summed E-state index contributed by atoms with van der Waals surface area (Å²) in [5.74, 6) is 2.08. The van der Waals surface area contributed by atoms with Gasteiger partial charge in [0.2, 0.25) is 0 Å². The Kier molecular flexibility index (Phi) is 4.56. The number of carbonyl (C=O) groups is 1. The Bertz CT molecular complexity index is 373. The zero-order valence-corrected chi connectivity index (χ0v) is 11.7. The molecule has 0 saturated carbocycles. The van der Waals surface area contributed by atoms with Crippen molar-refractivity contribution in [1.29, 1.82) is 0 Å². The van der Waals surface area contributed by atoms with E-state index in [1.165, 1.54) is 11.1 Å². The van der Waals surface area contributed by atoms with E-state index in [1.54, 1.807) is 0 Å². The minimum Gasteiger partial charge on any atom is -0.352 e. The lowest BCUT2D eigenvalue weighted by atomic mass is 10.1. The summed E-state index contributed by atoms with van der Waals surface area (Å²) in [5, 5.41) is 2.85. The number of amides is 1. The predicted octanol–water partition coefficient (Wildman–Crippen LogP) is 3.42. The fourth-order valence-electron chi connectivity index (χ4n) is 1.59. The van der Waals surface area contributed by atoms with Crippen molar-refractivity contribution in [3.05, 3.63) is 34.9 Å². The van der Waals surface area contributed by atoms with Crippen LogP contribution in [0.15, 0.2) is 18.2 Å². The SMILES string of the molecule is CCNC(=O)c1cc2cc(c1)CSPSC2. The molecule has 0 unspecified atom stereocenters. The van der Waals surface area contributed by atoms with Gasteiger partial charge in [-0.2, -0.15) is 0 Å². The summed E-state index contributed by atoms with van der Waals surface area (Å²) >= 11 is 3.89. The van der Waals surface area contributed by atoms with Crippen LogP contribution in [-0.4, -0.2) is 12.5 Å². The number of rotatable bonds is 2. The quantitative estimate of drug-likeness (QED) is 0.836. The first-order valence-electron chi connectivity index (χ1n) is 5.19. The molecule has 0 saturated heterocycles. The number of carbonyl (C=O) groups excluding carboxylic acids is 1. The Morgan fingerprint density at radius 1 is 1.31 bits per heavy atom. The van der Waals surface area contributed by atoms with Gasteiger partial charge >= 0.3 is 0 Å². The Morgan fingerprint density at radius 2 is 1.94 bits per heavy atom. The van der Waals surface area contributed by atoms with Crippen molar-refractivity contribution in [3.63, 3.8) is 0 Å². The second kappa shape index (κ2) is 5.95. The maximum absolute atomic E-state index is 11.8. The van der Waals surface area contributed by atoms with E-state index in [1.807, 2.05) is 41.8 Å². The summed E-state index contributed by atoms with van der Waals surface area (Å²) in [6, 6.07) is 6.25. The zero-order chi connectivity index (χ0) is 11.4. The molecular weight excluding hydrogens is 257 g/mol. The second-order valence-electron chi connectivity index (χ2n) is 3.56. The van der Waals surface area contributed by atoms with Crippen LogP contribution in [0, 0.1) is 0 Å². The van der Waals surface area contributed by atoms with Crippen molar-refractivity contribution in [2.75, 3.05) is 6.54 Å². The lowest BCUT2D eigenvalue weighted by Gasteiger charge is -2.12. The van der Waals surface area contributed by atoms with Gasteiger partial charge in [0.05, 0.1) is 0 Å². The summed E-state index contributed by atoms with van der Waals surface area (Å²) in [6.45, 7) is 3.53. The molecule has 1 N–H and O–H groups in total. The maximum atomic E-state index is 11.8. The van der Waals surface area contributed by atoms with Crippen molar-refractivity contribution in [2.45, 2.75) is 18.4 Å². The lowest BCUT2D eigenvalue weighted by Crippen LogP contribution is -2.22. The monoisotopic (exact) mass is 271 g/mol. The normalized spacial score (nSPS) is 15.1. The highest BCUT2D eigenvalue weighted by Crippen LogP contribution is 2.47. The predicted molar refractivity (Wildman–Crippen MR) is 75.4 cm³/mol. The van der Waals surface area contributed by atoms with E-state index in [0.29, 0.717) is 6.54 Å². The average molecular weight is 271 g/mol. The Morgan fingerprint density at radius 3 is 2.50 bits per heavy atom. The standard InChI is InChI=1S/C11H14NOPS2/c1-2-12-11(13)10-4-8-3-9(5-10)7-16-14-15-6-8/h3-5,14H,2,6-7H2,1H3,(H,12,13). The molecule has 1 amide bonds. The van der Waals surface area contributed by atoms with E-state index in [9.17, 15) is 4.79 Å². The van der Waals surface area contributed by atoms with Crippen molar-refractivity contribution >= 4 is 35.7 Å². The summed E-state index contributed by atoms with van der Waals surface area (Å²) < 4.78 is 0. The van der Waals surface area contributed by atoms with Crippen molar-refractivity contribution in [1.82, 2.24) is 5.32 Å². The molecule has 0 aromatic heterocycles. The number of fused-ring (bicyclic) bond motifs is 2. The smallest absolute Gasteiger partial charge is 0.251 e. The van der Waals surface area contributed by atoms with Crippen molar-refractivity contribution < 1.29 is 4.79 Å². The van der Waals surface area contributed by atoms with Crippen LogP contribution in [0.3, 0.4) is 0 Å². The molecule has 1 aromatic rings. The highest BCUT2D eigenvalue weighted by atomic mass is 33.1. The molecule has 1 heterocycles. The maximum Gasteiger partial charge on any atom is 0.251 e. The molecule has 1 aliphatic heterocycles. The van der Waals surface area contributed by atoms with Gasteiger partial charge in [-0.25, -0.2) is 0 Å². The highest BCUT2D eigenvalue weighted by molar-refractivity contribution is 8.81. The molecule has 0 atom stereocenters. The molecule has 2 nitrogen and oxygen atoms in total.